The van der Waals surface area contributed by atoms with E-state index < -0.39 is 23.1 Å². The number of carboxylic acid groups (broad SMARTS) is 1. The Bertz CT molecular complexity index is 430. The highest BCUT2D eigenvalue weighted by Crippen LogP contribution is 2.51. The maximum atomic E-state index is 11.8. The smallest absolute Gasteiger partial charge is 0.407 e. The van der Waals surface area contributed by atoms with Crippen molar-refractivity contribution in [1.82, 2.24) is 5.32 Å². The first kappa shape index (κ1) is 17.1. The van der Waals surface area contributed by atoms with Gasteiger partial charge in [0, 0.05) is 12.1 Å². The number of nitrogens with one attached hydrogen (secondary N) is 1. The molecule has 2 rings (SSSR count). The molecular formula is C16H28N2O4. The summed E-state index contributed by atoms with van der Waals surface area (Å²) in [5.74, 6) is -0.542. The molecule has 6 heteroatoms. The molecule has 0 saturated heterocycles. The molecule has 6 nitrogen and oxygen atoms in total. The van der Waals surface area contributed by atoms with E-state index in [1.165, 1.54) is 0 Å². The van der Waals surface area contributed by atoms with Crippen LogP contribution in [-0.2, 0) is 9.53 Å². The third-order valence-corrected chi connectivity index (χ3v) is 4.91. The van der Waals surface area contributed by atoms with Crippen LogP contribution in [-0.4, -0.2) is 34.9 Å². The minimum atomic E-state index is -0.710. The van der Waals surface area contributed by atoms with Crippen molar-refractivity contribution < 1.29 is 19.4 Å². The summed E-state index contributed by atoms with van der Waals surface area (Å²) in [7, 11) is 0. The molecule has 0 unspecified atom stereocenters. The summed E-state index contributed by atoms with van der Waals surface area (Å²) in [5, 5.41) is 12.4. The zero-order valence-electron chi connectivity index (χ0n) is 13.7. The van der Waals surface area contributed by atoms with Crippen molar-refractivity contribution in [3.05, 3.63) is 0 Å². The molecule has 1 amide bonds. The highest BCUT2D eigenvalue weighted by atomic mass is 16.6. The van der Waals surface area contributed by atoms with E-state index in [1.54, 1.807) is 0 Å². The Morgan fingerprint density at radius 2 is 1.73 bits per heavy atom. The summed E-state index contributed by atoms with van der Waals surface area (Å²) in [5.41, 5.74) is 4.68. The van der Waals surface area contributed by atoms with E-state index in [-0.39, 0.29) is 18.0 Å². The second-order valence-electron chi connectivity index (χ2n) is 7.82. The molecule has 0 aromatic rings. The minimum Gasteiger partial charge on any atom is -0.481 e. The van der Waals surface area contributed by atoms with Gasteiger partial charge in [0.25, 0.3) is 0 Å². The summed E-state index contributed by atoms with van der Waals surface area (Å²) in [6.45, 7) is 5.50. The fourth-order valence-electron chi connectivity index (χ4n) is 3.82. The van der Waals surface area contributed by atoms with Gasteiger partial charge >= 0.3 is 12.1 Å². The van der Waals surface area contributed by atoms with Crippen molar-refractivity contribution in [3.63, 3.8) is 0 Å². The highest BCUT2D eigenvalue weighted by molar-refractivity contribution is 5.76. The van der Waals surface area contributed by atoms with Gasteiger partial charge in [-0.2, -0.15) is 0 Å². The number of carbonyl (C=O) groups excluding carboxylic acids is 1. The van der Waals surface area contributed by atoms with Gasteiger partial charge < -0.3 is 20.9 Å². The molecule has 0 spiro atoms. The average Bonchev–Trinajstić information content (AvgIpc) is 2.33. The summed E-state index contributed by atoms with van der Waals surface area (Å²) in [4.78, 5) is 23.4. The van der Waals surface area contributed by atoms with Crippen LogP contribution in [0.15, 0.2) is 0 Å². The Hall–Kier alpha value is -1.30. The summed E-state index contributed by atoms with van der Waals surface area (Å²) in [6.07, 6.45) is 4.00. The van der Waals surface area contributed by atoms with Gasteiger partial charge in [-0.05, 0) is 65.2 Å². The molecule has 0 aromatic carbocycles. The molecule has 0 atom stereocenters. The standard InChI is InChI=1S/C16H28N2O4/c1-15(2,3)22-14(21)18-12-6-4-10(5-7-12)16(13(19)20)8-11(17)9-16/h10-12H,4-9,17H2,1-3H3,(H,18,21)(H,19,20). The van der Waals surface area contributed by atoms with Gasteiger partial charge in [-0.25, -0.2) is 4.79 Å². The van der Waals surface area contributed by atoms with Crippen molar-refractivity contribution in [3.8, 4) is 0 Å². The van der Waals surface area contributed by atoms with Gasteiger partial charge in [0.1, 0.15) is 5.60 Å². The predicted octanol–water partition coefficient (Wildman–Crippen LogP) is 2.26. The molecule has 2 saturated carbocycles. The molecule has 126 valence electrons. The summed E-state index contributed by atoms with van der Waals surface area (Å²) >= 11 is 0. The van der Waals surface area contributed by atoms with Gasteiger partial charge in [-0.3, -0.25) is 4.79 Å². The second-order valence-corrected chi connectivity index (χ2v) is 7.82. The number of aliphatic carboxylic acids is 1. The number of ether oxygens (including phenoxy) is 1. The molecule has 22 heavy (non-hydrogen) atoms. The van der Waals surface area contributed by atoms with Crippen LogP contribution in [0.4, 0.5) is 4.79 Å². The lowest BCUT2D eigenvalue weighted by atomic mass is 9.55. The molecule has 0 heterocycles. The molecule has 4 N–H and O–H groups in total. The Labute approximate surface area is 131 Å². The van der Waals surface area contributed by atoms with Gasteiger partial charge in [0.15, 0.2) is 0 Å². The minimum absolute atomic E-state index is 0.0220. The van der Waals surface area contributed by atoms with E-state index in [2.05, 4.69) is 5.32 Å². The maximum absolute atomic E-state index is 11.8. The fourth-order valence-corrected chi connectivity index (χ4v) is 3.82. The van der Waals surface area contributed by atoms with Crippen molar-refractivity contribution in [2.75, 3.05) is 0 Å². The van der Waals surface area contributed by atoms with Gasteiger partial charge in [0.2, 0.25) is 0 Å². The summed E-state index contributed by atoms with van der Waals surface area (Å²) in [6, 6.07) is 0.0967. The topological polar surface area (TPSA) is 102 Å². The van der Waals surface area contributed by atoms with Crippen LogP contribution in [0.25, 0.3) is 0 Å². The third kappa shape index (κ3) is 3.72. The van der Waals surface area contributed by atoms with Crippen molar-refractivity contribution in [2.45, 2.75) is 77.0 Å². The molecule has 2 fully saturated rings. The van der Waals surface area contributed by atoms with E-state index >= 15 is 0 Å². The van der Waals surface area contributed by atoms with Crippen LogP contribution in [0.5, 0.6) is 0 Å². The number of hydrogen-bond donors (Lipinski definition) is 3. The number of nitrogens with two attached hydrogens (primary N) is 1. The van der Waals surface area contributed by atoms with E-state index in [0.717, 1.165) is 25.7 Å². The number of carbonyl (C=O) groups is 2. The number of amides is 1. The fraction of sp³-hybridized carbons (Fsp3) is 0.875. The lowest BCUT2D eigenvalue weighted by molar-refractivity contribution is -0.163. The van der Waals surface area contributed by atoms with Gasteiger partial charge in [0.05, 0.1) is 5.41 Å². The Kier molecular flexibility index (Phi) is 4.70. The normalized spacial score (nSPS) is 35.4. The third-order valence-electron chi connectivity index (χ3n) is 4.91. The molecule has 0 aliphatic heterocycles. The SMILES string of the molecule is CC(C)(C)OC(=O)NC1CCC(C2(C(=O)O)CC(N)C2)CC1. The van der Waals surface area contributed by atoms with Crippen molar-refractivity contribution >= 4 is 12.1 Å². The number of rotatable bonds is 3. The first-order valence-corrected chi connectivity index (χ1v) is 8.11. The quantitative estimate of drug-likeness (QED) is 0.742. The molecular weight excluding hydrogens is 284 g/mol. The zero-order chi connectivity index (χ0) is 16.5. The number of hydrogen-bond acceptors (Lipinski definition) is 4. The Balaban J connectivity index is 1.83. The number of carboxylic acids is 1. The van der Waals surface area contributed by atoms with Crippen LogP contribution in [0.3, 0.4) is 0 Å². The van der Waals surface area contributed by atoms with E-state index in [4.69, 9.17) is 10.5 Å². The molecule has 0 bridgehead atoms. The molecule has 2 aliphatic rings. The van der Waals surface area contributed by atoms with Crippen molar-refractivity contribution in [1.29, 1.82) is 0 Å². The maximum Gasteiger partial charge on any atom is 0.407 e. The largest absolute Gasteiger partial charge is 0.481 e. The molecule has 2 aliphatic carbocycles. The van der Waals surface area contributed by atoms with E-state index in [1.807, 2.05) is 20.8 Å². The Morgan fingerprint density at radius 1 is 1.18 bits per heavy atom. The first-order valence-electron chi connectivity index (χ1n) is 8.11. The second kappa shape index (κ2) is 6.07. The van der Waals surface area contributed by atoms with Crippen LogP contribution >= 0.6 is 0 Å². The average molecular weight is 312 g/mol. The van der Waals surface area contributed by atoms with Crippen molar-refractivity contribution in [2.24, 2.45) is 17.1 Å². The lowest BCUT2D eigenvalue weighted by Crippen LogP contribution is -2.56. The van der Waals surface area contributed by atoms with Crippen LogP contribution in [0.2, 0.25) is 0 Å². The molecule has 0 aromatic heterocycles. The highest BCUT2D eigenvalue weighted by Gasteiger charge is 2.54. The van der Waals surface area contributed by atoms with E-state index in [9.17, 15) is 14.7 Å². The van der Waals surface area contributed by atoms with Gasteiger partial charge in [-0.1, -0.05) is 0 Å². The lowest BCUT2D eigenvalue weighted by Gasteiger charge is -2.49. The summed E-state index contributed by atoms with van der Waals surface area (Å²) < 4.78 is 5.26. The van der Waals surface area contributed by atoms with Crippen LogP contribution < -0.4 is 11.1 Å². The zero-order valence-corrected chi connectivity index (χ0v) is 13.7. The Morgan fingerprint density at radius 3 is 2.14 bits per heavy atom. The van der Waals surface area contributed by atoms with Crippen LogP contribution in [0.1, 0.15) is 59.3 Å². The van der Waals surface area contributed by atoms with E-state index in [0.29, 0.717) is 12.8 Å². The van der Waals surface area contributed by atoms with Crippen LogP contribution in [0, 0.1) is 11.3 Å². The first-order chi connectivity index (χ1) is 10.1. The number of alkyl carbamates (subject to hydrolysis) is 1. The molecule has 0 radical (unpaired) electrons. The van der Waals surface area contributed by atoms with Gasteiger partial charge in [-0.15, -0.1) is 0 Å². The monoisotopic (exact) mass is 312 g/mol. The predicted molar refractivity (Wildman–Crippen MR) is 82.4 cm³/mol.